The van der Waals surface area contributed by atoms with Crippen LogP contribution in [0.2, 0.25) is 0 Å². The number of esters is 1. The van der Waals surface area contributed by atoms with Crippen LogP contribution in [0.1, 0.15) is 18.5 Å². The molecule has 1 saturated heterocycles. The van der Waals surface area contributed by atoms with E-state index in [4.69, 9.17) is 4.74 Å². The standard InChI is InChI=1S/C12H18N4O3/c1-9-7-13-14-16(9)8-11(17)15-5-3-10(4-6-15)12(18)19-2/h7,10H,3-6,8H2,1-2H3. The normalized spacial score (nSPS) is 16.4. The Kier molecular flexibility index (Phi) is 4.13. The molecule has 0 spiro atoms. The summed E-state index contributed by atoms with van der Waals surface area (Å²) in [5, 5.41) is 7.60. The van der Waals surface area contributed by atoms with Crippen molar-refractivity contribution in [2.75, 3.05) is 20.2 Å². The van der Waals surface area contributed by atoms with Gasteiger partial charge in [0, 0.05) is 13.1 Å². The molecular formula is C12H18N4O3. The summed E-state index contributed by atoms with van der Waals surface area (Å²) < 4.78 is 6.30. The van der Waals surface area contributed by atoms with Gasteiger partial charge in [-0.25, -0.2) is 4.68 Å². The Morgan fingerprint density at radius 1 is 1.42 bits per heavy atom. The SMILES string of the molecule is COC(=O)C1CCN(C(=O)Cn2nncc2C)CC1. The van der Waals surface area contributed by atoms with E-state index in [1.54, 1.807) is 15.8 Å². The minimum atomic E-state index is -0.181. The first-order valence-corrected chi connectivity index (χ1v) is 6.32. The van der Waals surface area contributed by atoms with Crippen LogP contribution < -0.4 is 0 Å². The van der Waals surface area contributed by atoms with E-state index in [0.717, 1.165) is 5.69 Å². The lowest BCUT2D eigenvalue weighted by Crippen LogP contribution is -2.42. The average molecular weight is 266 g/mol. The van der Waals surface area contributed by atoms with Gasteiger partial charge >= 0.3 is 5.97 Å². The second-order valence-corrected chi connectivity index (χ2v) is 4.71. The van der Waals surface area contributed by atoms with Crippen molar-refractivity contribution in [3.05, 3.63) is 11.9 Å². The molecule has 0 atom stereocenters. The maximum Gasteiger partial charge on any atom is 0.308 e. The molecule has 0 unspecified atom stereocenters. The number of nitrogens with zero attached hydrogens (tertiary/aromatic N) is 4. The van der Waals surface area contributed by atoms with Gasteiger partial charge in [-0.3, -0.25) is 9.59 Å². The topological polar surface area (TPSA) is 77.3 Å². The third kappa shape index (κ3) is 3.10. The number of hydrogen-bond acceptors (Lipinski definition) is 5. The molecule has 7 nitrogen and oxygen atoms in total. The number of likely N-dealkylation sites (tertiary alicyclic amines) is 1. The van der Waals surface area contributed by atoms with Gasteiger partial charge in [0.1, 0.15) is 6.54 Å². The third-order valence-corrected chi connectivity index (χ3v) is 3.48. The largest absolute Gasteiger partial charge is 0.469 e. The van der Waals surface area contributed by atoms with Crippen LogP contribution in [0, 0.1) is 12.8 Å². The van der Waals surface area contributed by atoms with E-state index in [1.807, 2.05) is 6.92 Å². The van der Waals surface area contributed by atoms with Crippen molar-refractivity contribution in [3.63, 3.8) is 0 Å². The summed E-state index contributed by atoms with van der Waals surface area (Å²) in [5.74, 6) is -0.252. The molecule has 104 valence electrons. The van der Waals surface area contributed by atoms with Gasteiger partial charge in [-0.15, -0.1) is 5.10 Å². The fraction of sp³-hybridized carbons (Fsp3) is 0.667. The van der Waals surface area contributed by atoms with Crippen molar-refractivity contribution >= 4 is 11.9 Å². The summed E-state index contributed by atoms with van der Waals surface area (Å²) in [6, 6.07) is 0. The maximum atomic E-state index is 12.1. The zero-order chi connectivity index (χ0) is 13.8. The molecular weight excluding hydrogens is 248 g/mol. The molecule has 1 aromatic rings. The van der Waals surface area contributed by atoms with Gasteiger partial charge in [0.2, 0.25) is 5.91 Å². The molecule has 0 saturated carbocycles. The van der Waals surface area contributed by atoms with Crippen molar-refractivity contribution in [1.82, 2.24) is 19.9 Å². The molecule has 0 aliphatic carbocycles. The van der Waals surface area contributed by atoms with Gasteiger partial charge in [0.25, 0.3) is 0 Å². The number of methoxy groups -OCH3 is 1. The number of aromatic nitrogens is 3. The molecule has 0 radical (unpaired) electrons. The molecule has 7 heteroatoms. The fourth-order valence-corrected chi connectivity index (χ4v) is 2.22. The molecule has 1 fully saturated rings. The first kappa shape index (κ1) is 13.5. The third-order valence-electron chi connectivity index (χ3n) is 3.48. The van der Waals surface area contributed by atoms with Crippen LogP contribution in [0.4, 0.5) is 0 Å². The number of rotatable bonds is 3. The summed E-state index contributed by atoms with van der Waals surface area (Å²) in [6.07, 6.45) is 2.94. The van der Waals surface area contributed by atoms with Crippen LogP contribution in [0.15, 0.2) is 6.20 Å². The second-order valence-electron chi connectivity index (χ2n) is 4.71. The van der Waals surface area contributed by atoms with Gasteiger partial charge in [-0.05, 0) is 19.8 Å². The lowest BCUT2D eigenvalue weighted by molar-refractivity contribution is -0.149. The van der Waals surface area contributed by atoms with Gasteiger partial charge in [0.15, 0.2) is 0 Å². The van der Waals surface area contributed by atoms with E-state index >= 15 is 0 Å². The molecule has 1 amide bonds. The Bertz CT molecular complexity index is 463. The molecule has 1 aliphatic heterocycles. The lowest BCUT2D eigenvalue weighted by atomic mass is 9.97. The molecule has 2 rings (SSSR count). The summed E-state index contributed by atoms with van der Waals surface area (Å²) in [7, 11) is 1.40. The monoisotopic (exact) mass is 266 g/mol. The highest BCUT2D eigenvalue weighted by Crippen LogP contribution is 2.18. The van der Waals surface area contributed by atoms with Crippen LogP contribution in [0.3, 0.4) is 0 Å². The predicted molar refractivity (Wildman–Crippen MR) is 66.1 cm³/mol. The fourth-order valence-electron chi connectivity index (χ4n) is 2.22. The molecule has 0 aromatic carbocycles. The van der Waals surface area contributed by atoms with Crippen LogP contribution in [-0.2, 0) is 20.9 Å². The Labute approximate surface area is 111 Å². The van der Waals surface area contributed by atoms with E-state index in [9.17, 15) is 9.59 Å². The van der Waals surface area contributed by atoms with Crippen molar-refractivity contribution in [2.45, 2.75) is 26.3 Å². The van der Waals surface area contributed by atoms with Crippen molar-refractivity contribution in [3.8, 4) is 0 Å². The van der Waals surface area contributed by atoms with Gasteiger partial charge in [-0.2, -0.15) is 0 Å². The molecule has 2 heterocycles. The number of amides is 1. The van der Waals surface area contributed by atoms with Crippen LogP contribution in [-0.4, -0.2) is 52.0 Å². The first-order chi connectivity index (χ1) is 9.11. The van der Waals surface area contributed by atoms with Gasteiger partial charge in [-0.1, -0.05) is 5.21 Å². The second kappa shape index (κ2) is 5.81. The number of piperidine rings is 1. The Morgan fingerprint density at radius 3 is 2.63 bits per heavy atom. The average Bonchev–Trinajstić information content (AvgIpc) is 2.83. The first-order valence-electron chi connectivity index (χ1n) is 6.32. The number of carbonyl (C=O) groups is 2. The molecule has 0 N–H and O–H groups in total. The summed E-state index contributed by atoms with van der Waals surface area (Å²) >= 11 is 0. The number of aryl methyl sites for hydroxylation is 1. The van der Waals surface area contributed by atoms with E-state index in [1.165, 1.54) is 7.11 Å². The zero-order valence-electron chi connectivity index (χ0n) is 11.2. The summed E-state index contributed by atoms with van der Waals surface area (Å²) in [4.78, 5) is 25.2. The molecule has 1 aromatic heterocycles. The predicted octanol–water partition coefficient (Wildman–Crippen LogP) is -0.00188. The maximum absolute atomic E-state index is 12.1. The molecule has 1 aliphatic rings. The highest BCUT2D eigenvalue weighted by atomic mass is 16.5. The zero-order valence-corrected chi connectivity index (χ0v) is 11.2. The van der Waals surface area contributed by atoms with Gasteiger partial charge < -0.3 is 9.64 Å². The lowest BCUT2D eigenvalue weighted by Gasteiger charge is -2.30. The molecule has 0 bridgehead atoms. The quantitative estimate of drug-likeness (QED) is 0.720. The van der Waals surface area contributed by atoms with Crippen molar-refractivity contribution in [1.29, 1.82) is 0 Å². The van der Waals surface area contributed by atoms with E-state index < -0.39 is 0 Å². The van der Waals surface area contributed by atoms with E-state index in [2.05, 4.69) is 10.3 Å². The highest BCUT2D eigenvalue weighted by Gasteiger charge is 2.28. The number of ether oxygens (including phenoxy) is 1. The van der Waals surface area contributed by atoms with Gasteiger partial charge in [0.05, 0.1) is 24.9 Å². The highest BCUT2D eigenvalue weighted by molar-refractivity contribution is 5.77. The minimum Gasteiger partial charge on any atom is -0.469 e. The summed E-state index contributed by atoms with van der Waals surface area (Å²) in [5.41, 5.74) is 0.859. The van der Waals surface area contributed by atoms with E-state index in [0.29, 0.717) is 25.9 Å². The van der Waals surface area contributed by atoms with Crippen LogP contribution >= 0.6 is 0 Å². The Morgan fingerprint density at radius 2 is 2.11 bits per heavy atom. The Balaban J connectivity index is 1.86. The van der Waals surface area contributed by atoms with Crippen molar-refractivity contribution < 1.29 is 14.3 Å². The number of carbonyl (C=O) groups excluding carboxylic acids is 2. The number of hydrogen-bond donors (Lipinski definition) is 0. The smallest absolute Gasteiger partial charge is 0.308 e. The molecule has 19 heavy (non-hydrogen) atoms. The van der Waals surface area contributed by atoms with Crippen LogP contribution in [0.5, 0.6) is 0 Å². The van der Waals surface area contributed by atoms with Crippen molar-refractivity contribution in [2.24, 2.45) is 5.92 Å². The summed E-state index contributed by atoms with van der Waals surface area (Å²) in [6.45, 7) is 3.24. The minimum absolute atomic E-state index is 0.0110. The van der Waals surface area contributed by atoms with E-state index in [-0.39, 0.29) is 24.3 Å². The van der Waals surface area contributed by atoms with Crippen LogP contribution in [0.25, 0.3) is 0 Å². The Hall–Kier alpha value is -1.92.